The van der Waals surface area contributed by atoms with Gasteiger partial charge in [-0.1, -0.05) is 41.9 Å². The molecule has 0 bridgehead atoms. The summed E-state index contributed by atoms with van der Waals surface area (Å²) in [5.74, 6) is 0.393. The summed E-state index contributed by atoms with van der Waals surface area (Å²) in [5, 5.41) is 3.38. The van der Waals surface area contributed by atoms with Crippen LogP contribution in [-0.2, 0) is 11.3 Å². The summed E-state index contributed by atoms with van der Waals surface area (Å²) in [4.78, 5) is 30.3. The number of hydrogen-bond donors (Lipinski definition) is 1. The number of rotatable bonds is 7. The minimum Gasteiger partial charge on any atom is -0.492 e. The van der Waals surface area contributed by atoms with E-state index >= 15 is 0 Å². The van der Waals surface area contributed by atoms with Gasteiger partial charge in [0.1, 0.15) is 23.6 Å². The number of hydrogen-bond acceptors (Lipinski definition) is 5. The average Bonchev–Trinajstić information content (AvgIpc) is 3.20. The van der Waals surface area contributed by atoms with E-state index in [4.69, 9.17) is 16.3 Å². The number of carbonyl (C=O) groups is 1. The minimum absolute atomic E-state index is 0.0959. The highest BCUT2D eigenvalue weighted by molar-refractivity contribution is 7.22. The molecule has 0 aliphatic heterocycles. The van der Waals surface area contributed by atoms with Crippen LogP contribution in [0.25, 0.3) is 20.7 Å². The summed E-state index contributed by atoms with van der Waals surface area (Å²) in [5.41, 5.74) is 1.45. The number of ether oxygens (including phenoxy) is 1. The van der Waals surface area contributed by atoms with Crippen LogP contribution in [0.1, 0.15) is 0 Å². The monoisotopic (exact) mass is 439 g/mol. The molecular weight excluding hydrogens is 422 g/mol. The predicted molar refractivity (Wildman–Crippen MR) is 119 cm³/mol. The van der Waals surface area contributed by atoms with Crippen LogP contribution < -0.4 is 15.6 Å². The quantitative estimate of drug-likeness (QED) is 0.442. The Kier molecular flexibility index (Phi) is 6.11. The van der Waals surface area contributed by atoms with E-state index in [0.717, 1.165) is 10.4 Å². The average molecular weight is 440 g/mol. The van der Waals surface area contributed by atoms with E-state index in [1.165, 1.54) is 22.2 Å². The predicted octanol–water partition coefficient (Wildman–Crippen LogP) is 3.97. The van der Waals surface area contributed by atoms with Gasteiger partial charge >= 0.3 is 0 Å². The fraction of sp³-hybridized carbons (Fsp3) is 0.136. The number of benzene rings is 2. The van der Waals surface area contributed by atoms with Gasteiger partial charge in [0.15, 0.2) is 0 Å². The molecule has 1 amide bonds. The van der Waals surface area contributed by atoms with Crippen LogP contribution in [0.15, 0.2) is 71.8 Å². The van der Waals surface area contributed by atoms with Gasteiger partial charge in [-0.25, -0.2) is 4.98 Å². The molecule has 0 saturated heterocycles. The second kappa shape index (κ2) is 9.11. The first-order valence-corrected chi connectivity index (χ1v) is 10.5. The van der Waals surface area contributed by atoms with E-state index in [0.29, 0.717) is 34.1 Å². The van der Waals surface area contributed by atoms with Crippen molar-refractivity contribution in [2.24, 2.45) is 0 Å². The second-order valence-electron chi connectivity index (χ2n) is 6.52. The lowest BCUT2D eigenvalue weighted by molar-refractivity contribution is -0.121. The van der Waals surface area contributed by atoms with Gasteiger partial charge in [-0.05, 0) is 35.9 Å². The Labute approximate surface area is 181 Å². The number of halogens is 1. The summed E-state index contributed by atoms with van der Waals surface area (Å²) < 4.78 is 7.39. The van der Waals surface area contributed by atoms with Crippen LogP contribution in [-0.4, -0.2) is 28.6 Å². The number of thiophene rings is 1. The molecule has 0 saturated carbocycles. The lowest BCUT2D eigenvalue weighted by Crippen LogP contribution is -2.34. The van der Waals surface area contributed by atoms with Crippen LogP contribution in [0.4, 0.5) is 0 Å². The van der Waals surface area contributed by atoms with Crippen LogP contribution in [0.3, 0.4) is 0 Å². The van der Waals surface area contributed by atoms with Gasteiger partial charge in [0.2, 0.25) is 5.91 Å². The normalized spacial score (nSPS) is 10.8. The van der Waals surface area contributed by atoms with E-state index in [2.05, 4.69) is 10.3 Å². The molecule has 2 aromatic heterocycles. The molecule has 1 N–H and O–H groups in total. The lowest BCUT2D eigenvalue weighted by atomic mass is 10.2. The molecule has 0 spiro atoms. The van der Waals surface area contributed by atoms with Gasteiger partial charge in [0, 0.05) is 9.90 Å². The summed E-state index contributed by atoms with van der Waals surface area (Å²) in [6.07, 6.45) is 1.41. The molecule has 30 heavy (non-hydrogen) atoms. The summed E-state index contributed by atoms with van der Waals surface area (Å²) in [7, 11) is 0. The highest BCUT2D eigenvalue weighted by Gasteiger charge is 2.12. The zero-order chi connectivity index (χ0) is 20.9. The molecule has 0 atom stereocenters. The third-order valence-corrected chi connectivity index (χ3v) is 5.80. The maximum absolute atomic E-state index is 12.8. The molecule has 2 heterocycles. The van der Waals surface area contributed by atoms with Gasteiger partial charge < -0.3 is 10.1 Å². The Morgan fingerprint density at radius 3 is 2.67 bits per heavy atom. The number of fused-ring (bicyclic) bond motifs is 1. The van der Waals surface area contributed by atoms with Gasteiger partial charge in [0.05, 0.1) is 18.4 Å². The van der Waals surface area contributed by atoms with Crippen LogP contribution in [0.5, 0.6) is 5.75 Å². The number of nitrogens with one attached hydrogen (secondary N) is 1. The van der Waals surface area contributed by atoms with Crippen molar-refractivity contribution in [2.45, 2.75) is 6.54 Å². The van der Waals surface area contributed by atoms with Crippen LogP contribution in [0.2, 0.25) is 5.02 Å². The second-order valence-corrected chi connectivity index (χ2v) is 8.01. The highest BCUT2D eigenvalue weighted by atomic mass is 35.5. The molecule has 6 nitrogen and oxygen atoms in total. The fourth-order valence-corrected chi connectivity index (χ4v) is 4.09. The molecule has 4 rings (SSSR count). The van der Waals surface area contributed by atoms with E-state index in [1.807, 2.05) is 36.4 Å². The molecule has 152 valence electrons. The number of nitrogens with zero attached hydrogens (tertiary/aromatic N) is 2. The molecule has 8 heteroatoms. The van der Waals surface area contributed by atoms with Gasteiger partial charge in [-0.15, -0.1) is 11.3 Å². The first-order chi connectivity index (χ1) is 14.6. The third-order valence-electron chi connectivity index (χ3n) is 4.38. The molecule has 2 aromatic carbocycles. The summed E-state index contributed by atoms with van der Waals surface area (Å²) in [6, 6.07) is 18.7. The zero-order valence-electron chi connectivity index (χ0n) is 15.9. The van der Waals surface area contributed by atoms with Gasteiger partial charge in [-0.3, -0.25) is 14.2 Å². The molecule has 0 aliphatic rings. The number of amides is 1. The van der Waals surface area contributed by atoms with Crippen molar-refractivity contribution < 1.29 is 9.53 Å². The molecule has 4 aromatic rings. The zero-order valence-corrected chi connectivity index (χ0v) is 17.4. The smallest absolute Gasteiger partial charge is 0.271 e. The molecule has 0 unspecified atom stereocenters. The van der Waals surface area contributed by atoms with Crippen molar-refractivity contribution in [3.8, 4) is 16.2 Å². The Hall–Kier alpha value is -3.16. The molecule has 0 radical (unpaired) electrons. The summed E-state index contributed by atoms with van der Waals surface area (Å²) >= 11 is 7.21. The number of carbonyl (C=O) groups excluding carboxylic acids is 1. The number of aromatic nitrogens is 2. The molecular formula is C22H18ClN3O3S. The Morgan fingerprint density at radius 1 is 1.13 bits per heavy atom. The Bertz CT molecular complexity index is 1220. The SMILES string of the molecule is O=C(Cn1cnc2cc(-c3ccccc3)sc2c1=O)NCCOc1ccc(Cl)cc1. The van der Waals surface area contributed by atoms with Crippen molar-refractivity contribution in [1.29, 1.82) is 0 Å². The van der Waals surface area contributed by atoms with Gasteiger partial charge in [-0.2, -0.15) is 0 Å². The standard InChI is InChI=1S/C22H18ClN3O3S/c23-16-6-8-17(9-7-16)29-11-10-24-20(27)13-26-14-25-18-12-19(30-21(18)22(26)28)15-4-2-1-3-5-15/h1-9,12,14H,10-11,13H2,(H,24,27). The van der Waals surface area contributed by atoms with Crippen molar-refractivity contribution in [3.63, 3.8) is 0 Å². The van der Waals surface area contributed by atoms with Crippen molar-refractivity contribution >= 4 is 39.1 Å². The first kappa shape index (κ1) is 20.1. The summed E-state index contributed by atoms with van der Waals surface area (Å²) in [6.45, 7) is 0.537. The highest BCUT2D eigenvalue weighted by Crippen LogP contribution is 2.30. The van der Waals surface area contributed by atoms with Crippen LogP contribution >= 0.6 is 22.9 Å². The van der Waals surface area contributed by atoms with E-state index in [1.54, 1.807) is 24.3 Å². The van der Waals surface area contributed by atoms with Crippen LogP contribution in [0, 0.1) is 0 Å². The topological polar surface area (TPSA) is 73.2 Å². The third kappa shape index (κ3) is 4.69. The maximum Gasteiger partial charge on any atom is 0.271 e. The lowest BCUT2D eigenvalue weighted by Gasteiger charge is -2.09. The first-order valence-electron chi connectivity index (χ1n) is 9.29. The van der Waals surface area contributed by atoms with Gasteiger partial charge in [0.25, 0.3) is 5.56 Å². The Morgan fingerprint density at radius 2 is 1.90 bits per heavy atom. The maximum atomic E-state index is 12.8. The Balaban J connectivity index is 1.37. The fourth-order valence-electron chi connectivity index (χ4n) is 2.90. The van der Waals surface area contributed by atoms with E-state index in [9.17, 15) is 9.59 Å². The molecule has 0 aliphatic carbocycles. The van der Waals surface area contributed by atoms with E-state index < -0.39 is 0 Å². The van der Waals surface area contributed by atoms with Crippen molar-refractivity contribution in [3.05, 3.63) is 82.4 Å². The largest absolute Gasteiger partial charge is 0.492 e. The minimum atomic E-state index is -0.280. The van der Waals surface area contributed by atoms with E-state index in [-0.39, 0.29) is 18.0 Å². The van der Waals surface area contributed by atoms with Crippen molar-refractivity contribution in [1.82, 2.24) is 14.9 Å². The molecule has 0 fully saturated rings. The van der Waals surface area contributed by atoms with Crippen molar-refractivity contribution in [2.75, 3.05) is 13.2 Å².